The second-order valence-corrected chi connectivity index (χ2v) is 7.70. The van der Waals surface area contributed by atoms with Gasteiger partial charge < -0.3 is 9.47 Å². The molecule has 0 saturated carbocycles. The lowest BCUT2D eigenvalue weighted by Crippen LogP contribution is -2.48. The summed E-state index contributed by atoms with van der Waals surface area (Å²) in [6.45, 7) is 0.643. The number of hydrogen-bond acceptors (Lipinski definition) is 4. The average molecular weight is 445 g/mol. The number of benzene rings is 2. The lowest BCUT2D eigenvalue weighted by molar-refractivity contribution is -0.700. The minimum absolute atomic E-state index is 0.643. The Morgan fingerprint density at radius 1 is 0.735 bits per heavy atom. The molecule has 0 aliphatic carbocycles. The number of pyridine rings is 1. The molecule has 0 radical (unpaired) electrons. The molecule has 0 saturated heterocycles. The predicted molar refractivity (Wildman–Crippen MR) is 132 cm³/mol. The van der Waals surface area contributed by atoms with Crippen LogP contribution in [0.1, 0.15) is 16.7 Å². The molecule has 0 amide bonds. The normalized spacial score (nSPS) is 13.2. The van der Waals surface area contributed by atoms with Crippen molar-refractivity contribution in [2.75, 3.05) is 14.2 Å². The molecular formula is C29H22N3O2+. The molecule has 0 spiro atoms. The van der Waals surface area contributed by atoms with Gasteiger partial charge in [-0.1, -0.05) is 23.7 Å². The van der Waals surface area contributed by atoms with Crippen molar-refractivity contribution in [2.45, 2.75) is 6.67 Å². The molecule has 34 heavy (non-hydrogen) atoms. The molecular weight excluding hydrogens is 422 g/mol. The largest absolute Gasteiger partial charge is 0.497 e. The van der Waals surface area contributed by atoms with Crippen molar-refractivity contribution in [3.8, 4) is 35.2 Å². The smallest absolute Gasteiger partial charge is 0.327 e. The zero-order valence-corrected chi connectivity index (χ0v) is 18.9. The number of fused-ring (bicyclic) bond motifs is 2. The van der Waals surface area contributed by atoms with Crippen molar-refractivity contribution in [1.82, 2.24) is 4.90 Å². The average Bonchev–Trinajstić information content (AvgIpc) is 2.90. The van der Waals surface area contributed by atoms with Gasteiger partial charge in [-0.2, -0.15) is 0 Å². The van der Waals surface area contributed by atoms with Crippen LogP contribution in [0.2, 0.25) is 0 Å². The predicted octanol–water partition coefficient (Wildman–Crippen LogP) is 4.20. The molecule has 3 heterocycles. The molecule has 2 aliphatic rings. The first kappa shape index (κ1) is 21.1. The van der Waals surface area contributed by atoms with E-state index < -0.39 is 0 Å². The zero-order valence-electron chi connectivity index (χ0n) is 18.9. The fraction of sp³-hybridized carbons (Fsp3) is 0.103. The molecule has 2 aliphatic heterocycles. The van der Waals surface area contributed by atoms with Crippen LogP contribution in [0.4, 0.5) is 5.82 Å². The van der Waals surface area contributed by atoms with Crippen LogP contribution in [0.15, 0.2) is 95.8 Å². The summed E-state index contributed by atoms with van der Waals surface area (Å²) in [6.07, 6.45) is 8.05. The molecule has 5 nitrogen and oxygen atoms in total. The third-order valence-corrected chi connectivity index (χ3v) is 5.42. The Labute approximate surface area is 199 Å². The van der Waals surface area contributed by atoms with Gasteiger partial charge in [-0.25, -0.2) is 4.57 Å². The second-order valence-electron chi connectivity index (χ2n) is 7.70. The van der Waals surface area contributed by atoms with Gasteiger partial charge in [0.2, 0.25) is 0 Å². The molecule has 3 aromatic rings. The van der Waals surface area contributed by atoms with Crippen LogP contribution in [0, 0.1) is 23.7 Å². The first-order chi connectivity index (χ1) is 16.7. The Hall–Kier alpha value is -4.74. The summed E-state index contributed by atoms with van der Waals surface area (Å²) in [5.74, 6) is 16.3. The molecule has 5 heteroatoms. The fourth-order valence-electron chi connectivity index (χ4n) is 3.57. The van der Waals surface area contributed by atoms with Crippen LogP contribution in [-0.2, 0) is 6.67 Å². The maximum absolute atomic E-state index is 5.20. The number of allylic oxidation sites excluding steroid dienone is 2. The molecule has 0 bridgehead atoms. The Balaban J connectivity index is 1.33. The van der Waals surface area contributed by atoms with E-state index in [-0.39, 0.29) is 0 Å². The van der Waals surface area contributed by atoms with Gasteiger partial charge in [0.05, 0.1) is 19.8 Å². The highest BCUT2D eigenvalue weighted by atomic mass is 16.5. The van der Waals surface area contributed by atoms with E-state index in [0.717, 1.165) is 45.4 Å². The van der Waals surface area contributed by atoms with Crippen molar-refractivity contribution < 1.29 is 14.0 Å². The maximum atomic E-state index is 5.20. The van der Waals surface area contributed by atoms with Gasteiger partial charge in [-0.05, 0) is 65.7 Å². The van der Waals surface area contributed by atoms with Crippen LogP contribution in [0.25, 0.3) is 0 Å². The number of methoxy groups -OCH3 is 2. The molecule has 0 N–H and O–H groups in total. The SMILES string of the molecule is COc1ccc(C#CC2=CN3C[n+]4cc(C#Cc5ccc(OC)cc5)ccc4N=C3C=C2)cc1. The quantitative estimate of drug-likeness (QED) is 0.439. The highest BCUT2D eigenvalue weighted by molar-refractivity contribution is 5.97. The lowest BCUT2D eigenvalue weighted by atomic mass is 10.1. The molecule has 1 aromatic heterocycles. The van der Waals surface area contributed by atoms with E-state index in [0.29, 0.717) is 6.67 Å². The fourth-order valence-corrected chi connectivity index (χ4v) is 3.57. The van der Waals surface area contributed by atoms with E-state index in [4.69, 9.17) is 14.5 Å². The van der Waals surface area contributed by atoms with Crippen molar-refractivity contribution >= 4 is 11.7 Å². The molecule has 0 unspecified atom stereocenters. The standard InChI is InChI=1S/C29H22N3O2/c1-33-26-13-7-22(8-14-26)3-5-24-11-17-28-30-29-18-12-25(20-32(29)21-31(28)19-24)6-4-23-9-15-27(34-2)16-10-23/h7-20H,21H2,1-2H3/q+1. The van der Waals surface area contributed by atoms with Gasteiger partial charge in [0, 0.05) is 35.0 Å². The minimum atomic E-state index is 0.643. The van der Waals surface area contributed by atoms with Gasteiger partial charge in [-0.3, -0.25) is 4.90 Å². The van der Waals surface area contributed by atoms with Crippen molar-refractivity contribution in [1.29, 1.82) is 0 Å². The number of hydrogen-bond donors (Lipinski definition) is 0. The van der Waals surface area contributed by atoms with E-state index in [1.54, 1.807) is 14.2 Å². The lowest BCUT2D eigenvalue weighted by Gasteiger charge is -2.22. The molecule has 2 aromatic carbocycles. The Kier molecular flexibility index (Phi) is 5.84. The summed E-state index contributed by atoms with van der Waals surface area (Å²) >= 11 is 0. The number of aromatic nitrogens is 1. The van der Waals surface area contributed by atoms with Gasteiger partial charge in [0.15, 0.2) is 6.67 Å². The van der Waals surface area contributed by atoms with Crippen molar-refractivity contribution in [3.05, 3.63) is 107 Å². The Morgan fingerprint density at radius 2 is 1.32 bits per heavy atom. The first-order valence-corrected chi connectivity index (χ1v) is 10.8. The van der Waals surface area contributed by atoms with Crippen LogP contribution in [0.3, 0.4) is 0 Å². The number of aliphatic imine (C=N–C) groups is 1. The highest BCUT2D eigenvalue weighted by Crippen LogP contribution is 2.19. The summed E-state index contributed by atoms with van der Waals surface area (Å²) in [5, 5.41) is 0. The summed E-state index contributed by atoms with van der Waals surface area (Å²) in [5.41, 5.74) is 3.73. The summed E-state index contributed by atoms with van der Waals surface area (Å²) in [6, 6.07) is 19.4. The zero-order chi connectivity index (χ0) is 23.3. The third kappa shape index (κ3) is 4.70. The van der Waals surface area contributed by atoms with Gasteiger partial charge >= 0.3 is 5.82 Å². The van der Waals surface area contributed by atoms with Crippen molar-refractivity contribution in [3.63, 3.8) is 0 Å². The van der Waals surface area contributed by atoms with Crippen LogP contribution in [-0.4, -0.2) is 25.0 Å². The summed E-state index contributed by atoms with van der Waals surface area (Å²) in [7, 11) is 3.31. The van der Waals surface area contributed by atoms with E-state index in [9.17, 15) is 0 Å². The summed E-state index contributed by atoms with van der Waals surface area (Å²) in [4.78, 5) is 6.86. The number of ether oxygens (including phenoxy) is 2. The number of rotatable bonds is 2. The van der Waals surface area contributed by atoms with Crippen LogP contribution >= 0.6 is 0 Å². The topological polar surface area (TPSA) is 37.9 Å². The summed E-state index contributed by atoms with van der Waals surface area (Å²) < 4.78 is 12.5. The van der Waals surface area contributed by atoms with Crippen LogP contribution in [0.5, 0.6) is 11.5 Å². The highest BCUT2D eigenvalue weighted by Gasteiger charge is 2.26. The number of nitrogens with zero attached hydrogens (tertiary/aromatic N) is 3. The molecule has 5 rings (SSSR count). The minimum Gasteiger partial charge on any atom is -0.497 e. The van der Waals surface area contributed by atoms with Crippen molar-refractivity contribution in [2.24, 2.45) is 4.99 Å². The van der Waals surface area contributed by atoms with Gasteiger partial charge in [0.1, 0.15) is 17.7 Å². The van der Waals surface area contributed by atoms with Crippen LogP contribution < -0.4 is 14.0 Å². The molecule has 0 fully saturated rings. The van der Waals surface area contributed by atoms with E-state index in [1.807, 2.05) is 85.2 Å². The monoisotopic (exact) mass is 444 g/mol. The number of amidine groups is 1. The van der Waals surface area contributed by atoms with Gasteiger partial charge in [-0.15, -0.1) is 0 Å². The molecule has 164 valence electrons. The van der Waals surface area contributed by atoms with Gasteiger partial charge in [0.25, 0.3) is 5.84 Å². The van der Waals surface area contributed by atoms with E-state index >= 15 is 0 Å². The second kappa shape index (κ2) is 9.40. The Morgan fingerprint density at radius 3 is 1.97 bits per heavy atom. The molecule has 0 atom stereocenters. The maximum Gasteiger partial charge on any atom is 0.327 e. The first-order valence-electron chi connectivity index (χ1n) is 10.8. The third-order valence-electron chi connectivity index (χ3n) is 5.42. The Bertz CT molecular complexity index is 1440. The van der Waals surface area contributed by atoms with E-state index in [1.165, 1.54) is 0 Å². The van der Waals surface area contributed by atoms with E-state index in [2.05, 4.69) is 33.1 Å².